The summed E-state index contributed by atoms with van der Waals surface area (Å²) in [7, 11) is 0. The average Bonchev–Trinajstić information content (AvgIpc) is 3.59. The number of fused-ring (bicyclic) bond motifs is 9. The molecule has 0 aromatic heterocycles. The summed E-state index contributed by atoms with van der Waals surface area (Å²) >= 11 is 0. The third-order valence-corrected chi connectivity index (χ3v) is 11.0. The van der Waals surface area contributed by atoms with E-state index in [2.05, 4.69) is 31.7 Å². The topological polar surface area (TPSA) is 17.1 Å². The van der Waals surface area contributed by atoms with Gasteiger partial charge in [-0.2, -0.15) is 0 Å². The zero-order valence-electron chi connectivity index (χ0n) is 17.3. The van der Waals surface area contributed by atoms with Crippen LogP contribution in [-0.2, 0) is 4.79 Å². The van der Waals surface area contributed by atoms with Gasteiger partial charge in [-0.3, -0.25) is 4.79 Å². The van der Waals surface area contributed by atoms with Crippen molar-refractivity contribution in [1.29, 1.82) is 0 Å². The first kappa shape index (κ1) is 16.7. The highest BCUT2D eigenvalue weighted by molar-refractivity contribution is 5.91. The van der Waals surface area contributed by atoms with E-state index < -0.39 is 0 Å². The Kier molecular flexibility index (Phi) is 3.06. The highest BCUT2D eigenvalue weighted by Crippen LogP contribution is 2.82. The Morgan fingerprint density at radius 2 is 1.96 bits per heavy atom. The Morgan fingerprint density at radius 3 is 2.71 bits per heavy atom. The molecular formula is C27H34O. The highest BCUT2D eigenvalue weighted by Gasteiger charge is 2.76. The van der Waals surface area contributed by atoms with Gasteiger partial charge in [0.05, 0.1) is 0 Å². The zero-order valence-corrected chi connectivity index (χ0v) is 17.3. The van der Waals surface area contributed by atoms with E-state index in [1.54, 1.807) is 11.1 Å². The zero-order chi connectivity index (χ0) is 18.8. The molecule has 1 spiro atoms. The van der Waals surface area contributed by atoms with Gasteiger partial charge in [0.15, 0.2) is 5.78 Å². The first-order chi connectivity index (χ1) is 13.5. The van der Waals surface area contributed by atoms with Gasteiger partial charge in [-0.05, 0) is 110 Å². The van der Waals surface area contributed by atoms with Crippen LogP contribution < -0.4 is 0 Å². The van der Waals surface area contributed by atoms with Gasteiger partial charge in [0.25, 0.3) is 0 Å². The van der Waals surface area contributed by atoms with Crippen LogP contribution >= 0.6 is 0 Å². The number of carbonyl (C=O) groups excluding carboxylic acids is 1. The third-order valence-electron chi connectivity index (χ3n) is 11.0. The molecule has 0 aromatic rings. The van der Waals surface area contributed by atoms with Crippen LogP contribution in [0.2, 0.25) is 0 Å². The Bertz CT molecular complexity index is 842. The van der Waals surface area contributed by atoms with Crippen LogP contribution in [0.15, 0.2) is 36.0 Å². The van der Waals surface area contributed by atoms with Crippen LogP contribution in [-0.4, -0.2) is 5.78 Å². The number of allylic oxidation sites excluding steroid dienone is 4. The van der Waals surface area contributed by atoms with Crippen LogP contribution in [0, 0.1) is 58.2 Å². The number of hydrogen-bond donors (Lipinski definition) is 0. The molecule has 0 N–H and O–H groups in total. The van der Waals surface area contributed by atoms with Crippen LogP contribution in [0.5, 0.6) is 0 Å². The minimum atomic E-state index is 0.333. The molecular weight excluding hydrogens is 340 g/mol. The Morgan fingerprint density at radius 1 is 1.11 bits per heavy atom. The molecule has 7 aliphatic carbocycles. The van der Waals surface area contributed by atoms with Gasteiger partial charge in [-0.25, -0.2) is 0 Å². The Hall–Kier alpha value is -1.11. The molecule has 7 aliphatic rings. The molecule has 1 nitrogen and oxygen atoms in total. The number of rotatable bonds is 1. The summed E-state index contributed by atoms with van der Waals surface area (Å²) in [6.45, 7) is 7.32. The van der Waals surface area contributed by atoms with Crippen molar-refractivity contribution in [2.24, 2.45) is 58.2 Å². The summed E-state index contributed by atoms with van der Waals surface area (Å²) in [4.78, 5) is 12.2. The lowest BCUT2D eigenvalue weighted by Crippen LogP contribution is -2.54. The minimum absolute atomic E-state index is 0.333. The van der Waals surface area contributed by atoms with Crippen LogP contribution in [0.3, 0.4) is 0 Å². The summed E-state index contributed by atoms with van der Waals surface area (Å²) in [5.41, 5.74) is 3.90. The predicted molar refractivity (Wildman–Crippen MR) is 111 cm³/mol. The molecule has 9 unspecified atom stereocenters. The number of carbonyl (C=O) groups is 1. The fraction of sp³-hybridized carbons (Fsp3) is 0.741. The molecule has 0 aliphatic heterocycles. The second kappa shape index (κ2) is 5.13. The van der Waals surface area contributed by atoms with Gasteiger partial charge in [0.1, 0.15) is 0 Å². The molecule has 0 aromatic carbocycles. The first-order valence-electron chi connectivity index (χ1n) is 12.1. The van der Waals surface area contributed by atoms with Crippen molar-refractivity contribution < 1.29 is 4.79 Å². The maximum Gasteiger partial charge on any atom is 0.155 e. The second-order valence-corrected chi connectivity index (χ2v) is 11.8. The van der Waals surface area contributed by atoms with Crippen molar-refractivity contribution in [3.05, 3.63) is 36.0 Å². The summed E-state index contributed by atoms with van der Waals surface area (Å²) in [6, 6.07) is 0. The minimum Gasteiger partial charge on any atom is -0.295 e. The van der Waals surface area contributed by atoms with E-state index in [-0.39, 0.29) is 0 Å². The van der Waals surface area contributed by atoms with Gasteiger partial charge in [-0.1, -0.05) is 36.8 Å². The molecule has 0 amide bonds. The van der Waals surface area contributed by atoms with E-state index in [0.29, 0.717) is 16.6 Å². The van der Waals surface area contributed by atoms with Crippen molar-refractivity contribution in [3.63, 3.8) is 0 Å². The van der Waals surface area contributed by atoms with Gasteiger partial charge >= 0.3 is 0 Å². The number of ketones is 1. The average molecular weight is 375 g/mol. The number of hydrogen-bond acceptors (Lipinski definition) is 1. The maximum atomic E-state index is 12.2. The molecule has 9 atom stereocenters. The van der Waals surface area contributed by atoms with Crippen LogP contribution in [0.25, 0.3) is 0 Å². The first-order valence-corrected chi connectivity index (χ1v) is 12.1. The lowest BCUT2D eigenvalue weighted by Gasteiger charge is -2.60. The van der Waals surface area contributed by atoms with Crippen molar-refractivity contribution >= 4 is 5.78 Å². The van der Waals surface area contributed by atoms with E-state index >= 15 is 0 Å². The lowest BCUT2D eigenvalue weighted by atomic mass is 9.44. The van der Waals surface area contributed by atoms with E-state index in [1.807, 2.05) is 0 Å². The van der Waals surface area contributed by atoms with Gasteiger partial charge < -0.3 is 0 Å². The largest absolute Gasteiger partial charge is 0.295 e. The molecule has 0 radical (unpaired) electrons. The summed E-state index contributed by atoms with van der Waals surface area (Å²) in [5, 5.41) is 0. The molecule has 148 valence electrons. The molecule has 0 saturated heterocycles. The monoisotopic (exact) mass is 374 g/mol. The molecule has 5 fully saturated rings. The normalized spacial score (nSPS) is 56.2. The third kappa shape index (κ3) is 1.80. The SMILES string of the molecule is C=C1CC=CC12C1CC1C1C3C(C4CC4)CC4=CC(=O)CCC4C3CCC12C. The summed E-state index contributed by atoms with van der Waals surface area (Å²) < 4.78 is 0. The van der Waals surface area contributed by atoms with E-state index in [1.165, 1.54) is 38.5 Å². The van der Waals surface area contributed by atoms with E-state index in [4.69, 9.17) is 0 Å². The van der Waals surface area contributed by atoms with E-state index in [0.717, 1.165) is 66.6 Å². The standard InChI is InChI=1S/C27H34O/c1-15-4-3-10-27(15)23-14-22(23)25-24-20(9-11-26(25,27)2)19-8-7-18(28)12-17(19)13-21(24)16-5-6-16/h3,10,12,16,19-25H,1,4-9,11,13-14H2,2H3. The van der Waals surface area contributed by atoms with Gasteiger partial charge in [0.2, 0.25) is 0 Å². The van der Waals surface area contributed by atoms with Crippen molar-refractivity contribution in [1.82, 2.24) is 0 Å². The second-order valence-electron chi connectivity index (χ2n) is 11.8. The summed E-state index contributed by atoms with van der Waals surface area (Å²) in [5.74, 6) is 7.56. The van der Waals surface area contributed by atoms with Crippen molar-refractivity contribution in [3.8, 4) is 0 Å². The van der Waals surface area contributed by atoms with E-state index in [9.17, 15) is 4.79 Å². The fourth-order valence-corrected chi connectivity index (χ4v) is 10.0. The quantitative estimate of drug-likeness (QED) is 0.505. The summed E-state index contributed by atoms with van der Waals surface area (Å²) in [6.07, 6.45) is 18.7. The van der Waals surface area contributed by atoms with Crippen LogP contribution in [0.4, 0.5) is 0 Å². The van der Waals surface area contributed by atoms with Crippen molar-refractivity contribution in [2.75, 3.05) is 0 Å². The maximum absolute atomic E-state index is 12.2. The van der Waals surface area contributed by atoms with Crippen LogP contribution in [0.1, 0.15) is 64.7 Å². The molecule has 5 saturated carbocycles. The Labute approximate surface area is 169 Å². The fourth-order valence-electron chi connectivity index (χ4n) is 10.0. The van der Waals surface area contributed by atoms with Crippen molar-refractivity contribution in [2.45, 2.75) is 64.7 Å². The molecule has 28 heavy (non-hydrogen) atoms. The molecule has 1 heteroatoms. The Balaban J connectivity index is 1.34. The smallest absolute Gasteiger partial charge is 0.155 e. The molecule has 0 bridgehead atoms. The lowest BCUT2D eigenvalue weighted by molar-refractivity contribution is -0.117. The molecule has 7 rings (SSSR count). The predicted octanol–water partition coefficient (Wildman–Crippen LogP) is 6.12. The van der Waals surface area contributed by atoms with Gasteiger partial charge in [0, 0.05) is 11.8 Å². The van der Waals surface area contributed by atoms with Gasteiger partial charge in [-0.15, -0.1) is 0 Å². The highest BCUT2D eigenvalue weighted by atomic mass is 16.1. The molecule has 0 heterocycles.